The molecule has 4 heteroatoms. The average molecular weight is 232 g/mol. The molecule has 1 aromatic rings. The molecule has 0 bridgehead atoms. The number of rotatable bonds is 1. The molecule has 0 saturated carbocycles. The predicted molar refractivity (Wildman–Crippen MR) is 58.0 cm³/mol. The molecule has 1 heterocycles. The fraction of sp³-hybridized carbons (Fsp3) is 0.455. The van der Waals surface area contributed by atoms with Crippen LogP contribution < -0.4 is 4.90 Å². The molecule has 1 aromatic carbocycles. The third-order valence-electron chi connectivity index (χ3n) is 2.68. The van der Waals surface area contributed by atoms with E-state index in [0.717, 1.165) is 11.3 Å². The highest BCUT2D eigenvalue weighted by atomic mass is 35.5. The van der Waals surface area contributed by atoms with Gasteiger partial charge in [-0.2, -0.15) is 0 Å². The van der Waals surface area contributed by atoms with Crippen molar-refractivity contribution in [2.24, 2.45) is 0 Å². The Morgan fingerprint density at radius 1 is 1.40 bits per heavy atom. The lowest BCUT2D eigenvalue weighted by Crippen LogP contribution is -2.25. The second kappa shape index (κ2) is 3.63. The summed E-state index contributed by atoms with van der Waals surface area (Å²) >= 11 is 5.85. The largest absolute Gasteiger partial charge is 0.365 e. The van der Waals surface area contributed by atoms with Gasteiger partial charge in [-0.25, -0.2) is 8.78 Å². The maximum absolute atomic E-state index is 13.0. The molecule has 0 atom stereocenters. The molecular weight excluding hydrogens is 220 g/mol. The van der Waals surface area contributed by atoms with Crippen LogP contribution in [-0.2, 0) is 0 Å². The van der Waals surface area contributed by atoms with E-state index in [0.29, 0.717) is 11.6 Å². The monoisotopic (exact) mass is 231 g/mol. The summed E-state index contributed by atoms with van der Waals surface area (Å²) in [4.78, 5) is 1.70. The number of hydrogen-bond donors (Lipinski definition) is 0. The first kappa shape index (κ1) is 10.7. The van der Waals surface area contributed by atoms with Crippen molar-refractivity contribution in [1.82, 2.24) is 0 Å². The molecule has 0 spiro atoms. The van der Waals surface area contributed by atoms with E-state index >= 15 is 0 Å². The van der Waals surface area contributed by atoms with Gasteiger partial charge in [-0.15, -0.1) is 0 Å². The Morgan fingerprint density at radius 3 is 2.73 bits per heavy atom. The van der Waals surface area contributed by atoms with E-state index in [1.807, 2.05) is 13.0 Å². The van der Waals surface area contributed by atoms with Gasteiger partial charge in [0.05, 0.1) is 6.54 Å². The maximum Gasteiger partial charge on any atom is 0.266 e. The molecule has 0 N–H and O–H groups in total. The summed E-state index contributed by atoms with van der Waals surface area (Å²) in [6.45, 7) is 2.10. The molecule has 0 unspecified atom stereocenters. The number of benzene rings is 1. The highest BCUT2D eigenvalue weighted by molar-refractivity contribution is 6.30. The van der Waals surface area contributed by atoms with Crippen molar-refractivity contribution in [1.29, 1.82) is 0 Å². The first-order chi connectivity index (χ1) is 6.98. The smallest absolute Gasteiger partial charge is 0.266 e. The Hall–Kier alpha value is -0.830. The molecule has 82 valence electrons. The molecule has 1 aliphatic rings. The first-order valence-corrected chi connectivity index (χ1v) is 5.25. The van der Waals surface area contributed by atoms with Crippen molar-refractivity contribution >= 4 is 17.3 Å². The van der Waals surface area contributed by atoms with Gasteiger partial charge in [0.1, 0.15) is 0 Å². The van der Waals surface area contributed by atoms with Crippen LogP contribution in [0.1, 0.15) is 12.0 Å². The third kappa shape index (κ3) is 2.23. The van der Waals surface area contributed by atoms with Gasteiger partial charge in [-0.1, -0.05) is 17.7 Å². The van der Waals surface area contributed by atoms with Gasteiger partial charge in [0.2, 0.25) is 0 Å². The second-order valence-corrected chi connectivity index (χ2v) is 4.39. The predicted octanol–water partition coefficient (Wildman–Crippen LogP) is 3.49. The van der Waals surface area contributed by atoms with Crippen molar-refractivity contribution in [2.75, 3.05) is 18.0 Å². The Kier molecular flexibility index (Phi) is 2.59. The van der Waals surface area contributed by atoms with E-state index in [1.165, 1.54) is 0 Å². The summed E-state index contributed by atoms with van der Waals surface area (Å²) in [6.07, 6.45) is -0.0705. The normalized spacial score (nSPS) is 19.6. The Labute approximate surface area is 92.6 Å². The van der Waals surface area contributed by atoms with Crippen LogP contribution in [0.4, 0.5) is 14.5 Å². The van der Waals surface area contributed by atoms with Gasteiger partial charge in [0.15, 0.2) is 0 Å². The second-order valence-electron chi connectivity index (χ2n) is 3.96. The topological polar surface area (TPSA) is 3.24 Å². The number of alkyl halides is 2. The van der Waals surface area contributed by atoms with Crippen LogP contribution in [0.2, 0.25) is 5.02 Å². The summed E-state index contributed by atoms with van der Waals surface area (Å²) in [6, 6.07) is 5.38. The zero-order valence-electron chi connectivity index (χ0n) is 8.43. The molecule has 0 amide bonds. The quantitative estimate of drug-likeness (QED) is 0.715. The first-order valence-electron chi connectivity index (χ1n) is 4.87. The minimum Gasteiger partial charge on any atom is -0.365 e. The number of aryl methyl sites for hydroxylation is 1. The number of nitrogens with zero attached hydrogens (tertiary/aromatic N) is 1. The van der Waals surface area contributed by atoms with E-state index in [1.54, 1.807) is 17.0 Å². The summed E-state index contributed by atoms with van der Waals surface area (Å²) in [7, 11) is 0. The zero-order chi connectivity index (χ0) is 11.1. The fourth-order valence-corrected chi connectivity index (χ4v) is 2.03. The Balaban J connectivity index is 2.27. The van der Waals surface area contributed by atoms with Gasteiger partial charge < -0.3 is 4.90 Å². The lowest BCUT2D eigenvalue weighted by Gasteiger charge is -2.20. The van der Waals surface area contributed by atoms with Gasteiger partial charge in [0.25, 0.3) is 5.92 Å². The molecule has 15 heavy (non-hydrogen) atoms. The van der Waals surface area contributed by atoms with Crippen LogP contribution in [-0.4, -0.2) is 19.0 Å². The summed E-state index contributed by atoms with van der Waals surface area (Å²) in [5.41, 5.74) is 1.80. The molecule has 1 nitrogen and oxygen atoms in total. The van der Waals surface area contributed by atoms with Crippen LogP contribution in [0.3, 0.4) is 0 Å². The molecular formula is C11H12ClF2N. The van der Waals surface area contributed by atoms with Crippen LogP contribution in [0.15, 0.2) is 18.2 Å². The van der Waals surface area contributed by atoms with Crippen LogP contribution in [0.25, 0.3) is 0 Å². The number of anilines is 1. The number of halogens is 3. The van der Waals surface area contributed by atoms with E-state index in [-0.39, 0.29) is 13.0 Å². The fourth-order valence-electron chi connectivity index (χ4n) is 1.86. The third-order valence-corrected chi connectivity index (χ3v) is 2.92. The molecule has 1 aliphatic heterocycles. The maximum atomic E-state index is 13.0. The van der Waals surface area contributed by atoms with Crippen LogP contribution in [0, 0.1) is 6.92 Å². The van der Waals surface area contributed by atoms with E-state index in [2.05, 4.69) is 0 Å². The lowest BCUT2D eigenvalue weighted by molar-refractivity contribution is 0.0257. The average Bonchev–Trinajstić information content (AvgIpc) is 2.50. The van der Waals surface area contributed by atoms with Crippen molar-refractivity contribution in [3.63, 3.8) is 0 Å². The van der Waals surface area contributed by atoms with Gasteiger partial charge in [-0.3, -0.25) is 0 Å². The standard InChI is InChI=1S/C11H12ClF2N/c1-8-2-3-9(12)6-10(8)15-5-4-11(13,14)7-15/h2-3,6H,4-5,7H2,1H3. The summed E-state index contributed by atoms with van der Waals surface area (Å²) in [5, 5.41) is 0.589. The Morgan fingerprint density at radius 2 is 2.13 bits per heavy atom. The molecule has 1 saturated heterocycles. The van der Waals surface area contributed by atoms with Gasteiger partial charge in [0, 0.05) is 23.7 Å². The Bertz CT molecular complexity index is 379. The van der Waals surface area contributed by atoms with E-state index in [4.69, 9.17) is 11.6 Å². The van der Waals surface area contributed by atoms with Crippen molar-refractivity contribution in [3.05, 3.63) is 28.8 Å². The molecule has 2 rings (SSSR count). The van der Waals surface area contributed by atoms with Gasteiger partial charge >= 0.3 is 0 Å². The van der Waals surface area contributed by atoms with Crippen molar-refractivity contribution in [2.45, 2.75) is 19.3 Å². The van der Waals surface area contributed by atoms with Crippen LogP contribution >= 0.6 is 11.6 Å². The SMILES string of the molecule is Cc1ccc(Cl)cc1N1CCC(F)(F)C1. The van der Waals surface area contributed by atoms with Gasteiger partial charge in [-0.05, 0) is 24.6 Å². The van der Waals surface area contributed by atoms with Crippen LogP contribution in [0.5, 0.6) is 0 Å². The minimum absolute atomic E-state index is 0.0705. The minimum atomic E-state index is -2.56. The van der Waals surface area contributed by atoms with E-state index in [9.17, 15) is 8.78 Å². The summed E-state index contributed by atoms with van der Waals surface area (Å²) < 4.78 is 26.1. The molecule has 0 aromatic heterocycles. The highest BCUT2D eigenvalue weighted by Crippen LogP contribution is 2.33. The molecule has 1 fully saturated rings. The van der Waals surface area contributed by atoms with E-state index < -0.39 is 5.92 Å². The van der Waals surface area contributed by atoms with Crippen molar-refractivity contribution < 1.29 is 8.78 Å². The summed E-state index contributed by atoms with van der Waals surface area (Å²) in [5.74, 6) is -2.56. The van der Waals surface area contributed by atoms with Crippen molar-refractivity contribution in [3.8, 4) is 0 Å². The molecule has 0 aliphatic carbocycles. The zero-order valence-corrected chi connectivity index (χ0v) is 9.19. The molecule has 0 radical (unpaired) electrons. The lowest BCUT2D eigenvalue weighted by atomic mass is 10.2. The number of hydrogen-bond acceptors (Lipinski definition) is 1. The highest BCUT2D eigenvalue weighted by Gasteiger charge is 2.38.